The fraction of sp³-hybridized carbons (Fsp3) is 1.00. The molecule has 1 atom stereocenters. The van der Waals surface area contributed by atoms with Gasteiger partial charge >= 0.3 is 0 Å². The van der Waals surface area contributed by atoms with Crippen LogP contribution in [0.1, 0.15) is 74.7 Å². The van der Waals surface area contributed by atoms with Gasteiger partial charge in [0, 0.05) is 6.42 Å². The first-order valence-corrected chi connectivity index (χ1v) is 7.62. The van der Waals surface area contributed by atoms with Crippen molar-refractivity contribution in [1.82, 2.24) is 0 Å². The summed E-state index contributed by atoms with van der Waals surface area (Å²) in [6.07, 6.45) is 2.97. The molecule has 116 valence electrons. The molecule has 0 aromatic carbocycles. The van der Waals surface area contributed by atoms with Crippen LogP contribution in [0.25, 0.3) is 0 Å². The van der Waals surface area contributed by atoms with Crippen molar-refractivity contribution in [1.29, 1.82) is 0 Å². The van der Waals surface area contributed by atoms with Crippen molar-refractivity contribution in [3.05, 3.63) is 0 Å². The highest BCUT2D eigenvalue weighted by atomic mass is 16.9. The van der Waals surface area contributed by atoms with Gasteiger partial charge in [0.15, 0.2) is 0 Å². The molecule has 0 amide bonds. The van der Waals surface area contributed by atoms with Crippen LogP contribution in [0.5, 0.6) is 0 Å². The van der Waals surface area contributed by atoms with Gasteiger partial charge in [-0.2, -0.15) is 0 Å². The first-order chi connectivity index (χ1) is 8.60. The highest BCUT2D eigenvalue weighted by Crippen LogP contribution is 2.30. The molecule has 1 unspecified atom stereocenters. The molecule has 0 heterocycles. The van der Waals surface area contributed by atoms with E-state index in [1.165, 1.54) is 0 Å². The minimum Gasteiger partial charge on any atom is -0.327 e. The minimum atomic E-state index is -0.910. The quantitative estimate of drug-likeness (QED) is 0.568. The fourth-order valence-electron chi connectivity index (χ4n) is 1.78. The first kappa shape index (κ1) is 18.9. The molecule has 0 radical (unpaired) electrons. The van der Waals surface area contributed by atoms with Crippen molar-refractivity contribution >= 4 is 0 Å². The van der Waals surface area contributed by atoms with E-state index < -0.39 is 5.97 Å². The van der Waals surface area contributed by atoms with Crippen LogP contribution in [0.3, 0.4) is 0 Å². The number of ether oxygens (including phenoxy) is 3. The molecule has 3 heteroatoms. The van der Waals surface area contributed by atoms with Gasteiger partial charge < -0.3 is 14.2 Å². The third-order valence-corrected chi connectivity index (χ3v) is 2.35. The molecule has 0 saturated heterocycles. The van der Waals surface area contributed by atoms with Crippen LogP contribution in [-0.2, 0) is 14.2 Å². The van der Waals surface area contributed by atoms with Crippen LogP contribution < -0.4 is 0 Å². The van der Waals surface area contributed by atoms with Gasteiger partial charge in [-0.1, -0.05) is 27.2 Å². The van der Waals surface area contributed by atoms with Gasteiger partial charge in [0.1, 0.15) is 0 Å². The molecule has 0 saturated carbocycles. The van der Waals surface area contributed by atoms with Crippen molar-refractivity contribution < 1.29 is 14.2 Å². The van der Waals surface area contributed by atoms with E-state index in [9.17, 15) is 0 Å². The summed E-state index contributed by atoms with van der Waals surface area (Å²) < 4.78 is 18.2. The van der Waals surface area contributed by atoms with E-state index in [4.69, 9.17) is 14.2 Å². The number of unbranched alkanes of at least 4 members (excludes halogenated alkanes) is 1. The molecule has 0 aliphatic rings. The van der Waals surface area contributed by atoms with Gasteiger partial charge in [0.2, 0.25) is 0 Å². The topological polar surface area (TPSA) is 27.7 Å². The standard InChI is InChI=1S/C16H34O3/c1-9-10-11-16(18-14(4)5,17-12-13(2)3)19-15(6,7)8/h13-14H,9-12H2,1-8H3. The SMILES string of the molecule is CCCCC(OCC(C)C)(OC(C)C)OC(C)(C)C. The maximum absolute atomic E-state index is 6.14. The number of hydrogen-bond donors (Lipinski definition) is 0. The van der Waals surface area contributed by atoms with Gasteiger partial charge in [-0.25, -0.2) is 0 Å². The second-order valence-electron chi connectivity index (χ2n) is 6.87. The Morgan fingerprint density at radius 3 is 1.95 bits per heavy atom. The lowest BCUT2D eigenvalue weighted by Crippen LogP contribution is -2.47. The lowest BCUT2D eigenvalue weighted by Gasteiger charge is -2.40. The molecule has 0 spiro atoms. The smallest absolute Gasteiger partial charge is 0.283 e. The Bertz CT molecular complexity index is 231. The maximum Gasteiger partial charge on any atom is 0.283 e. The normalized spacial score (nSPS) is 16.1. The molecule has 0 aliphatic carbocycles. The Hall–Kier alpha value is -0.120. The molecular weight excluding hydrogens is 240 g/mol. The highest BCUT2D eigenvalue weighted by Gasteiger charge is 2.38. The van der Waals surface area contributed by atoms with Crippen LogP contribution >= 0.6 is 0 Å². The molecule has 0 aromatic rings. The van der Waals surface area contributed by atoms with Crippen LogP contribution in [0.2, 0.25) is 0 Å². The van der Waals surface area contributed by atoms with E-state index in [0.29, 0.717) is 12.5 Å². The Morgan fingerprint density at radius 2 is 1.58 bits per heavy atom. The monoisotopic (exact) mass is 274 g/mol. The van der Waals surface area contributed by atoms with E-state index in [1.807, 2.05) is 34.6 Å². The molecule has 0 aliphatic heterocycles. The second-order valence-corrected chi connectivity index (χ2v) is 6.87. The lowest BCUT2D eigenvalue weighted by molar-refractivity contribution is -0.418. The van der Waals surface area contributed by atoms with Gasteiger partial charge in [0.05, 0.1) is 18.3 Å². The Balaban J connectivity index is 4.94. The third kappa shape index (κ3) is 9.42. The highest BCUT2D eigenvalue weighted by molar-refractivity contribution is 4.69. The Kier molecular flexibility index (Phi) is 8.18. The summed E-state index contributed by atoms with van der Waals surface area (Å²) in [7, 11) is 0. The van der Waals surface area contributed by atoms with Crippen LogP contribution in [0.15, 0.2) is 0 Å². The summed E-state index contributed by atoms with van der Waals surface area (Å²) in [5.41, 5.74) is -0.292. The molecular formula is C16H34O3. The van der Waals surface area contributed by atoms with Crippen molar-refractivity contribution in [2.24, 2.45) is 5.92 Å². The van der Waals surface area contributed by atoms with Crippen LogP contribution in [-0.4, -0.2) is 24.3 Å². The number of rotatable bonds is 9. The van der Waals surface area contributed by atoms with Gasteiger partial charge in [-0.15, -0.1) is 0 Å². The average Bonchev–Trinajstić information content (AvgIpc) is 2.20. The lowest BCUT2D eigenvalue weighted by atomic mass is 10.1. The van der Waals surface area contributed by atoms with Gasteiger partial charge in [-0.3, -0.25) is 0 Å². The van der Waals surface area contributed by atoms with Crippen LogP contribution in [0, 0.1) is 5.92 Å². The predicted octanol–water partition coefficient (Wildman–Crippen LogP) is 4.74. The van der Waals surface area contributed by atoms with Crippen molar-refractivity contribution in [3.63, 3.8) is 0 Å². The largest absolute Gasteiger partial charge is 0.327 e. The summed E-state index contributed by atoms with van der Waals surface area (Å²) in [4.78, 5) is 0. The van der Waals surface area contributed by atoms with E-state index in [1.54, 1.807) is 0 Å². The van der Waals surface area contributed by atoms with Crippen molar-refractivity contribution in [3.8, 4) is 0 Å². The predicted molar refractivity (Wildman–Crippen MR) is 80.1 cm³/mol. The van der Waals surface area contributed by atoms with E-state index >= 15 is 0 Å². The molecule has 3 nitrogen and oxygen atoms in total. The summed E-state index contributed by atoms with van der Waals surface area (Å²) >= 11 is 0. The molecule has 0 bridgehead atoms. The maximum atomic E-state index is 6.14. The van der Waals surface area contributed by atoms with E-state index in [0.717, 1.165) is 19.3 Å². The Morgan fingerprint density at radius 1 is 1.00 bits per heavy atom. The third-order valence-electron chi connectivity index (χ3n) is 2.35. The molecule has 0 fully saturated rings. The summed E-state index contributed by atoms with van der Waals surface area (Å²) in [5, 5.41) is 0. The summed E-state index contributed by atoms with van der Waals surface area (Å²) in [6.45, 7) is 17.2. The minimum absolute atomic E-state index is 0.0753. The van der Waals surface area contributed by atoms with Gasteiger partial charge in [0.25, 0.3) is 5.97 Å². The second kappa shape index (κ2) is 8.23. The average molecular weight is 274 g/mol. The summed E-state index contributed by atoms with van der Waals surface area (Å²) in [5.74, 6) is -0.451. The zero-order valence-corrected chi connectivity index (χ0v) is 14.2. The van der Waals surface area contributed by atoms with Crippen molar-refractivity contribution in [2.75, 3.05) is 6.61 Å². The zero-order valence-electron chi connectivity index (χ0n) is 14.2. The molecule has 19 heavy (non-hydrogen) atoms. The number of hydrogen-bond acceptors (Lipinski definition) is 3. The van der Waals surface area contributed by atoms with Crippen LogP contribution in [0.4, 0.5) is 0 Å². The van der Waals surface area contributed by atoms with E-state index in [2.05, 4.69) is 20.8 Å². The zero-order chi connectivity index (χ0) is 15.1. The molecule has 0 aromatic heterocycles. The van der Waals surface area contributed by atoms with Gasteiger partial charge in [-0.05, 0) is 47.0 Å². The van der Waals surface area contributed by atoms with E-state index in [-0.39, 0.29) is 11.7 Å². The fourth-order valence-corrected chi connectivity index (χ4v) is 1.78. The molecule has 0 rings (SSSR count). The Labute approximate surface area is 120 Å². The first-order valence-electron chi connectivity index (χ1n) is 7.62. The summed E-state index contributed by atoms with van der Waals surface area (Å²) in [6, 6.07) is 0. The molecule has 0 N–H and O–H groups in total. The van der Waals surface area contributed by atoms with Crippen molar-refractivity contribution in [2.45, 2.75) is 92.3 Å².